The van der Waals surface area contributed by atoms with Crippen molar-refractivity contribution in [3.63, 3.8) is 0 Å². The molecule has 0 aromatic heterocycles. The lowest BCUT2D eigenvalue weighted by Crippen LogP contribution is -2.18. The molecule has 23 aromatic rings. The van der Waals surface area contributed by atoms with Gasteiger partial charge in [0.15, 0.2) is 0 Å². The molecule has 6 aliphatic carbocycles. The van der Waals surface area contributed by atoms with Gasteiger partial charge in [0.05, 0.1) is 0 Å². The van der Waals surface area contributed by atoms with Gasteiger partial charge < -0.3 is 0 Å². The summed E-state index contributed by atoms with van der Waals surface area (Å²) < 4.78 is 0. The van der Waals surface area contributed by atoms with Crippen LogP contribution in [0.1, 0.15) is 150 Å². The largest absolute Gasteiger partial charge is 0.0622 e. The van der Waals surface area contributed by atoms with E-state index in [1.807, 2.05) is 0 Å². The second kappa shape index (κ2) is 32.1. The third kappa shape index (κ3) is 13.3. The van der Waals surface area contributed by atoms with Crippen molar-refractivity contribution < 1.29 is 0 Å². The van der Waals surface area contributed by atoms with Crippen LogP contribution < -0.4 is 0 Å². The van der Waals surface area contributed by atoms with Gasteiger partial charge in [-0.2, -0.15) is 0 Å². The summed E-state index contributed by atoms with van der Waals surface area (Å²) in [6.45, 7) is 28.8. The number of hydrogen-bond donors (Lipinski definition) is 0. The molecule has 0 N–H and O–H groups in total. The van der Waals surface area contributed by atoms with Crippen molar-refractivity contribution in [1.82, 2.24) is 0 Å². The molecule has 144 heavy (non-hydrogen) atoms. The molecule has 0 atom stereocenters. The maximum atomic E-state index is 2.49. The van der Waals surface area contributed by atoms with Crippen LogP contribution in [0.4, 0.5) is 0 Å². The molecule has 0 amide bonds. The van der Waals surface area contributed by atoms with E-state index in [9.17, 15) is 0 Å². The number of rotatable bonds is 8. The highest BCUT2D eigenvalue weighted by atomic mass is 14.5. The molecular weight excluding hydrogens is 1730 g/mol. The maximum Gasteiger partial charge on any atom is 0.0165 e. The average Bonchev–Trinajstić information content (AvgIpc) is 1.54. The number of hydrogen-bond acceptors (Lipinski definition) is 0. The average molecular weight is 1840 g/mol. The van der Waals surface area contributed by atoms with Crippen molar-refractivity contribution in [1.29, 1.82) is 0 Å². The fourth-order valence-corrected chi connectivity index (χ4v) is 26.6. The van der Waals surface area contributed by atoms with Crippen LogP contribution in [0.15, 0.2) is 449 Å². The Balaban J connectivity index is 0.000000108. The molecule has 29 rings (SSSR count). The smallest absolute Gasteiger partial charge is 0.0165 e. The van der Waals surface area contributed by atoms with Gasteiger partial charge in [-0.15, -0.1) is 0 Å². The van der Waals surface area contributed by atoms with E-state index in [2.05, 4.69) is 532 Å². The molecule has 0 aliphatic heterocycles. The Hall–Kier alpha value is -16.4. The zero-order chi connectivity index (χ0) is 97.3. The van der Waals surface area contributed by atoms with Crippen LogP contribution in [0, 0.1) is 0 Å². The van der Waals surface area contributed by atoms with Gasteiger partial charge in [-0.1, -0.05) is 447 Å². The Labute approximate surface area is 845 Å². The summed E-state index contributed by atoms with van der Waals surface area (Å²) in [4.78, 5) is 0. The summed E-state index contributed by atoms with van der Waals surface area (Å²) in [7, 11) is 0. The lowest BCUT2D eigenvalue weighted by Gasteiger charge is -2.26. The van der Waals surface area contributed by atoms with E-state index < -0.39 is 0 Å². The Kier molecular flexibility index (Phi) is 19.3. The Bertz CT molecular complexity index is 9420. The normalized spacial score (nSPS) is 14.9. The monoisotopic (exact) mass is 1840 g/mol. The van der Waals surface area contributed by atoms with Gasteiger partial charge in [0.1, 0.15) is 0 Å². The second-order valence-corrected chi connectivity index (χ2v) is 44.5. The first-order valence-corrected chi connectivity index (χ1v) is 51.5. The predicted molar refractivity (Wildman–Crippen MR) is 613 cm³/mol. The van der Waals surface area contributed by atoms with Crippen molar-refractivity contribution in [3.8, 4) is 156 Å². The van der Waals surface area contributed by atoms with Gasteiger partial charge in [-0.3, -0.25) is 0 Å². The Morgan fingerprint density at radius 3 is 0.771 bits per heavy atom. The van der Waals surface area contributed by atoms with E-state index in [0.29, 0.717) is 0 Å². The third-order valence-electron chi connectivity index (χ3n) is 34.3. The summed E-state index contributed by atoms with van der Waals surface area (Å²) in [5, 5.41) is 15.2. The van der Waals surface area contributed by atoms with Crippen LogP contribution in [0.2, 0.25) is 0 Å². The SMILES string of the molecule is CC1(C)c2ccccc2-c2c1ccc1c2-c2ccc(-c3cc(-c4ccc5ccc(-c6ccccc6)cc5c4)cc4ccccc34)cc2C1(C)C.CC1(C)c2ccccc2-c2c1ccc1c2C(C)(C)c2cc(-c3cc(-c4ccc5ccc(-c6ccccc6)cc5c4)cc4ccccc34)ccc2-1.CC1(C)c2ccccc2-c2c1ccc1c2C(C)(C)c2cc(-c3ccc4cc(-c5ccc6ccccc6c5)ccc4c3)ccc2-1. The van der Waals surface area contributed by atoms with Crippen molar-refractivity contribution in [3.05, 3.63) is 516 Å². The zero-order valence-electron chi connectivity index (χ0n) is 83.7. The van der Waals surface area contributed by atoms with Crippen molar-refractivity contribution in [2.45, 2.75) is 116 Å². The number of benzene rings is 23. The van der Waals surface area contributed by atoms with Crippen LogP contribution in [-0.2, 0) is 32.5 Å². The molecule has 0 saturated heterocycles. The summed E-state index contributed by atoms with van der Waals surface area (Å²) in [5.74, 6) is 0. The van der Waals surface area contributed by atoms with E-state index in [4.69, 9.17) is 0 Å². The fourth-order valence-electron chi connectivity index (χ4n) is 26.6. The van der Waals surface area contributed by atoms with E-state index in [1.54, 1.807) is 0 Å². The van der Waals surface area contributed by atoms with Gasteiger partial charge in [0.25, 0.3) is 0 Å². The lowest BCUT2D eigenvalue weighted by atomic mass is 9.76. The van der Waals surface area contributed by atoms with E-state index in [1.165, 1.54) is 287 Å². The fraction of sp³-hybridized carbons (Fsp3) is 0.125. The van der Waals surface area contributed by atoms with E-state index in [0.717, 1.165) is 0 Å². The van der Waals surface area contributed by atoms with Gasteiger partial charge >= 0.3 is 0 Å². The van der Waals surface area contributed by atoms with Crippen LogP contribution >= 0.6 is 0 Å². The molecule has 23 aromatic carbocycles. The second-order valence-electron chi connectivity index (χ2n) is 44.5. The predicted octanol–water partition coefficient (Wildman–Crippen LogP) is 39.2. The van der Waals surface area contributed by atoms with Gasteiger partial charge in [0, 0.05) is 32.5 Å². The minimum Gasteiger partial charge on any atom is -0.0622 e. The molecule has 0 nitrogen and oxygen atoms in total. The lowest BCUT2D eigenvalue weighted by molar-refractivity contribution is 0.647. The highest BCUT2D eigenvalue weighted by Gasteiger charge is 2.49. The highest BCUT2D eigenvalue weighted by Crippen LogP contribution is 2.64. The van der Waals surface area contributed by atoms with Crippen LogP contribution in [-0.4, -0.2) is 0 Å². The summed E-state index contributed by atoms with van der Waals surface area (Å²) in [6, 6.07) is 168. The van der Waals surface area contributed by atoms with Crippen molar-refractivity contribution in [2.24, 2.45) is 0 Å². The number of fused-ring (bicyclic) bond motifs is 27. The molecule has 0 spiro atoms. The molecular formula is C144H110. The molecule has 686 valence electrons. The van der Waals surface area contributed by atoms with Crippen LogP contribution in [0.5, 0.6) is 0 Å². The molecule has 0 heteroatoms. The summed E-state index contributed by atoms with van der Waals surface area (Å²) >= 11 is 0. The first kappa shape index (κ1) is 86.7. The Morgan fingerprint density at radius 2 is 0.354 bits per heavy atom. The molecule has 0 heterocycles. The van der Waals surface area contributed by atoms with Gasteiger partial charge in [0.2, 0.25) is 0 Å². The minimum absolute atomic E-state index is 0.0101. The quantitative estimate of drug-likeness (QED) is 0.142. The minimum atomic E-state index is -0.137. The standard InChI is InChI=1S/2C50H38.C44H34/c1-49(2)44-17-11-10-16-42(44)47-45(49)25-24-41-40-23-22-36(30-46(40)50(3,4)48(41)47)43-29-38(28-35-14-8-9-15-39(35)43)34-21-19-32-18-20-33(26-37(32)27-34)31-12-6-5-7-13-31;1-49(2)43-17-11-10-16-40(43)47-44(49)24-25-45-48(47)41-23-22-36(30-46(41)50(45,3)4)42-29-38(28-35-14-8-9-15-39(35)42)34-21-19-32-18-20-33(26-37(32)27-34)31-12-6-5-7-13-31;1-43(2)38-12-8-7-11-37(38)41-39(43)22-21-36-35-20-19-34(26-40(35)44(3,4)42(36)41)33-18-17-31-24-30(15-16-32(31)25-33)29-14-13-27-9-5-6-10-28(27)23-29/h2*5-30H,1-4H3;5-26H,1-4H3. The molecule has 6 aliphatic rings. The highest BCUT2D eigenvalue weighted by molar-refractivity contribution is 6.08. The first-order valence-electron chi connectivity index (χ1n) is 51.5. The van der Waals surface area contributed by atoms with Crippen molar-refractivity contribution in [2.75, 3.05) is 0 Å². The van der Waals surface area contributed by atoms with E-state index >= 15 is 0 Å². The molecule has 0 radical (unpaired) electrons. The molecule has 0 bridgehead atoms. The topological polar surface area (TPSA) is 0 Å². The summed E-state index contributed by atoms with van der Waals surface area (Å²) in [6.07, 6.45) is 0. The van der Waals surface area contributed by atoms with Crippen molar-refractivity contribution >= 4 is 64.6 Å². The van der Waals surface area contributed by atoms with Gasteiger partial charge in [-0.25, -0.2) is 0 Å². The first-order chi connectivity index (χ1) is 69.9. The van der Waals surface area contributed by atoms with E-state index in [-0.39, 0.29) is 32.5 Å². The molecule has 0 unspecified atom stereocenters. The van der Waals surface area contributed by atoms with Crippen LogP contribution in [0.3, 0.4) is 0 Å². The molecule has 0 saturated carbocycles. The zero-order valence-corrected chi connectivity index (χ0v) is 83.7. The maximum absolute atomic E-state index is 2.49. The summed E-state index contributed by atoms with van der Waals surface area (Å²) in [5.41, 5.74) is 53.9. The molecule has 0 fully saturated rings. The van der Waals surface area contributed by atoms with Crippen LogP contribution in [0.25, 0.3) is 220 Å². The van der Waals surface area contributed by atoms with Gasteiger partial charge in [-0.05, 0) is 372 Å². The Morgan fingerprint density at radius 1 is 0.111 bits per heavy atom. The third-order valence-corrected chi connectivity index (χ3v) is 34.3.